The first-order valence-electron chi connectivity index (χ1n) is 11.0. The third-order valence-electron chi connectivity index (χ3n) is 8.05. The summed E-state index contributed by atoms with van der Waals surface area (Å²) in [5, 5.41) is 10.4. The van der Waals surface area contributed by atoms with Crippen molar-refractivity contribution in [3.8, 4) is 0 Å². The van der Waals surface area contributed by atoms with Crippen molar-refractivity contribution in [1.82, 2.24) is 4.90 Å². The number of aliphatic hydroxyl groups excluding tert-OH is 1. The molecule has 0 aromatic rings. The molecule has 5 aliphatic rings. The molecular formula is C22H39NO2. The molecule has 0 aromatic heterocycles. The first-order chi connectivity index (χ1) is 12.0. The molecule has 1 saturated heterocycles. The van der Waals surface area contributed by atoms with Gasteiger partial charge in [0.1, 0.15) is 0 Å². The van der Waals surface area contributed by atoms with E-state index in [4.69, 9.17) is 4.74 Å². The second-order valence-electron chi connectivity index (χ2n) is 10.2. The average molecular weight is 350 g/mol. The summed E-state index contributed by atoms with van der Waals surface area (Å²) in [7, 11) is 0. The summed E-state index contributed by atoms with van der Waals surface area (Å²) in [6.45, 7) is 6.75. The van der Waals surface area contributed by atoms with Gasteiger partial charge in [0.05, 0.1) is 12.7 Å². The van der Waals surface area contributed by atoms with E-state index in [1.165, 1.54) is 64.2 Å². The van der Waals surface area contributed by atoms with Gasteiger partial charge >= 0.3 is 0 Å². The summed E-state index contributed by atoms with van der Waals surface area (Å²) in [6, 6.07) is 1.20. The van der Waals surface area contributed by atoms with Gasteiger partial charge in [-0.05, 0) is 94.8 Å². The van der Waals surface area contributed by atoms with E-state index in [1.807, 2.05) is 0 Å². The molecule has 4 bridgehead atoms. The van der Waals surface area contributed by atoms with Crippen molar-refractivity contribution in [2.24, 2.45) is 23.2 Å². The summed E-state index contributed by atoms with van der Waals surface area (Å²) in [5.41, 5.74) is 0.607. The molecule has 1 aliphatic heterocycles. The average Bonchev–Trinajstić information content (AvgIpc) is 2.54. The van der Waals surface area contributed by atoms with Gasteiger partial charge in [-0.1, -0.05) is 6.42 Å². The Morgan fingerprint density at radius 3 is 2.12 bits per heavy atom. The Bertz CT molecular complexity index is 406. The van der Waals surface area contributed by atoms with Crippen LogP contribution in [0, 0.1) is 23.2 Å². The van der Waals surface area contributed by atoms with Crippen LogP contribution >= 0.6 is 0 Å². The number of likely N-dealkylation sites (tertiary alicyclic amines) is 1. The van der Waals surface area contributed by atoms with Gasteiger partial charge in [0.2, 0.25) is 0 Å². The zero-order valence-corrected chi connectivity index (χ0v) is 16.5. The molecule has 3 atom stereocenters. The quantitative estimate of drug-likeness (QED) is 0.698. The largest absolute Gasteiger partial charge is 0.389 e. The number of nitrogens with zero attached hydrogens (tertiary/aromatic N) is 1. The number of aliphatic hydroxyl groups is 1. The highest BCUT2D eigenvalue weighted by atomic mass is 16.5. The minimum atomic E-state index is -0.334. The van der Waals surface area contributed by atoms with Crippen molar-refractivity contribution in [2.75, 3.05) is 19.8 Å². The third-order valence-corrected chi connectivity index (χ3v) is 8.05. The second-order valence-corrected chi connectivity index (χ2v) is 10.2. The fourth-order valence-corrected chi connectivity index (χ4v) is 7.23. The number of β-amino-alcohol motifs (C(OH)–C–C–N with tert-alkyl or cyclic N) is 1. The zero-order valence-electron chi connectivity index (χ0n) is 16.5. The van der Waals surface area contributed by atoms with Crippen LogP contribution in [0.1, 0.15) is 78.1 Å². The van der Waals surface area contributed by atoms with E-state index in [2.05, 4.69) is 18.7 Å². The Hall–Kier alpha value is -0.120. The molecule has 0 radical (unpaired) electrons. The molecular weight excluding hydrogens is 310 g/mol. The van der Waals surface area contributed by atoms with Gasteiger partial charge in [0.25, 0.3) is 0 Å². The molecule has 0 amide bonds. The maximum Gasteiger partial charge on any atom is 0.0900 e. The minimum Gasteiger partial charge on any atom is -0.389 e. The van der Waals surface area contributed by atoms with Crippen molar-refractivity contribution in [1.29, 1.82) is 0 Å². The minimum absolute atomic E-state index is 0.334. The van der Waals surface area contributed by atoms with Crippen LogP contribution in [-0.2, 0) is 4.74 Å². The van der Waals surface area contributed by atoms with Gasteiger partial charge in [0.15, 0.2) is 0 Å². The molecule has 144 valence electrons. The topological polar surface area (TPSA) is 32.7 Å². The molecule has 25 heavy (non-hydrogen) atoms. The smallest absolute Gasteiger partial charge is 0.0900 e. The Morgan fingerprint density at radius 1 is 1.00 bits per heavy atom. The van der Waals surface area contributed by atoms with Gasteiger partial charge in [-0.25, -0.2) is 0 Å². The lowest BCUT2D eigenvalue weighted by atomic mass is 9.49. The van der Waals surface area contributed by atoms with Crippen molar-refractivity contribution in [2.45, 2.75) is 96.2 Å². The van der Waals surface area contributed by atoms with Crippen LogP contribution < -0.4 is 0 Å². The van der Waals surface area contributed by atoms with E-state index >= 15 is 0 Å². The lowest BCUT2D eigenvalue weighted by molar-refractivity contribution is -0.0754. The Kier molecular flexibility index (Phi) is 5.46. The van der Waals surface area contributed by atoms with Crippen molar-refractivity contribution in [3.63, 3.8) is 0 Å². The maximum absolute atomic E-state index is 10.4. The predicted octanol–water partition coefficient (Wildman–Crippen LogP) is 4.23. The lowest BCUT2D eigenvalue weighted by Crippen LogP contribution is -2.48. The van der Waals surface area contributed by atoms with Crippen LogP contribution in [0.3, 0.4) is 0 Å². The predicted molar refractivity (Wildman–Crippen MR) is 102 cm³/mol. The fourth-order valence-electron chi connectivity index (χ4n) is 7.23. The van der Waals surface area contributed by atoms with Crippen LogP contribution in [0.5, 0.6) is 0 Å². The van der Waals surface area contributed by atoms with Gasteiger partial charge in [0, 0.05) is 25.2 Å². The molecule has 4 saturated carbocycles. The third kappa shape index (κ3) is 4.09. The standard InChI is InChI=1S/C22H39NO2/c1-16-4-3-5-17(2)23(16)14-21(24)15-25-7-6-22-11-18-8-19(12-22)10-20(9-18)13-22/h16-21,24H,3-15H2,1-2H3/t16-,17-,18?,19?,20?,21-,22?/m1/s1. The number of hydrogen-bond acceptors (Lipinski definition) is 3. The first kappa shape index (κ1) is 18.3. The van der Waals surface area contributed by atoms with E-state index < -0.39 is 0 Å². The molecule has 1 N–H and O–H groups in total. The molecule has 4 aliphatic carbocycles. The highest BCUT2D eigenvalue weighted by Gasteiger charge is 2.50. The van der Waals surface area contributed by atoms with Crippen LogP contribution in [0.25, 0.3) is 0 Å². The maximum atomic E-state index is 10.4. The zero-order chi connectivity index (χ0) is 17.4. The van der Waals surface area contributed by atoms with Crippen molar-refractivity contribution < 1.29 is 9.84 Å². The monoisotopic (exact) mass is 349 g/mol. The lowest BCUT2D eigenvalue weighted by Gasteiger charge is -2.57. The molecule has 0 aromatic carbocycles. The summed E-state index contributed by atoms with van der Waals surface area (Å²) in [5.74, 6) is 3.08. The van der Waals surface area contributed by atoms with Crippen molar-refractivity contribution in [3.05, 3.63) is 0 Å². The number of hydrogen-bond donors (Lipinski definition) is 1. The Balaban J connectivity index is 1.18. The molecule has 3 nitrogen and oxygen atoms in total. The molecule has 5 rings (SSSR count). The van der Waals surface area contributed by atoms with Crippen LogP contribution in [0.15, 0.2) is 0 Å². The van der Waals surface area contributed by atoms with Gasteiger partial charge in [-0.2, -0.15) is 0 Å². The molecule has 0 unspecified atom stereocenters. The molecule has 0 spiro atoms. The van der Waals surface area contributed by atoms with E-state index in [9.17, 15) is 5.11 Å². The fraction of sp³-hybridized carbons (Fsp3) is 1.00. The summed E-state index contributed by atoms with van der Waals surface area (Å²) in [6.07, 6.45) is 13.7. The first-order valence-corrected chi connectivity index (χ1v) is 11.0. The highest BCUT2D eigenvalue weighted by molar-refractivity contribution is 5.01. The van der Waals surface area contributed by atoms with Crippen molar-refractivity contribution >= 4 is 0 Å². The van der Waals surface area contributed by atoms with Crippen LogP contribution in [0.4, 0.5) is 0 Å². The SMILES string of the molecule is C[C@@H]1CCC[C@@H](C)N1C[C@@H](O)COCCC12CC3CC(CC(C3)C1)C2. The summed E-state index contributed by atoms with van der Waals surface area (Å²) >= 11 is 0. The van der Waals surface area contributed by atoms with Gasteiger partial charge in [-0.3, -0.25) is 4.90 Å². The highest BCUT2D eigenvalue weighted by Crippen LogP contribution is 2.61. The summed E-state index contributed by atoms with van der Waals surface area (Å²) in [4.78, 5) is 2.48. The normalized spacial score (nSPS) is 45.0. The van der Waals surface area contributed by atoms with Crippen LogP contribution in [-0.4, -0.2) is 48.0 Å². The van der Waals surface area contributed by atoms with E-state index in [0.717, 1.165) is 30.9 Å². The number of piperidine rings is 1. The van der Waals surface area contributed by atoms with E-state index in [1.54, 1.807) is 0 Å². The van der Waals surface area contributed by atoms with Crippen LogP contribution in [0.2, 0.25) is 0 Å². The Labute approximate surface area is 154 Å². The second kappa shape index (κ2) is 7.48. The number of rotatable bonds is 7. The van der Waals surface area contributed by atoms with E-state index in [0.29, 0.717) is 24.1 Å². The van der Waals surface area contributed by atoms with E-state index in [-0.39, 0.29) is 6.10 Å². The Morgan fingerprint density at radius 2 is 1.56 bits per heavy atom. The molecule has 1 heterocycles. The number of ether oxygens (including phenoxy) is 1. The van der Waals surface area contributed by atoms with Gasteiger partial charge < -0.3 is 9.84 Å². The molecule has 3 heteroatoms. The van der Waals surface area contributed by atoms with Gasteiger partial charge in [-0.15, -0.1) is 0 Å². The molecule has 5 fully saturated rings. The summed E-state index contributed by atoms with van der Waals surface area (Å²) < 4.78 is 5.97.